The molecule has 0 radical (unpaired) electrons. The lowest BCUT2D eigenvalue weighted by Gasteiger charge is -1.91. The van der Waals surface area contributed by atoms with Crippen LogP contribution in [0.5, 0.6) is 17.2 Å². The molecule has 52 valence electrons. The molecule has 0 spiro atoms. The van der Waals surface area contributed by atoms with Crippen LogP contribution < -0.4 is 9.78 Å². The van der Waals surface area contributed by atoms with E-state index in [1.54, 1.807) is 12.1 Å². The third kappa shape index (κ3) is 0.593. The Morgan fingerprint density at radius 3 is 2.90 bits per heavy atom. The Bertz CT molecular complexity index is 258. The van der Waals surface area contributed by atoms with Gasteiger partial charge >= 0.3 is 0 Å². The maximum Gasteiger partial charge on any atom is 0.257 e. The Morgan fingerprint density at radius 1 is 1.20 bits per heavy atom. The minimum absolute atomic E-state index is 0.00926. The Hall–Kier alpha value is -1.42. The van der Waals surface area contributed by atoms with E-state index in [1.807, 2.05) is 0 Å². The van der Waals surface area contributed by atoms with Gasteiger partial charge in [0.25, 0.3) is 5.75 Å². The molecule has 0 fully saturated rings. The summed E-state index contributed by atoms with van der Waals surface area (Å²) in [6.45, 7) is 0. The summed E-state index contributed by atoms with van der Waals surface area (Å²) in [4.78, 5) is 8.95. The van der Waals surface area contributed by atoms with Crippen LogP contribution in [0.3, 0.4) is 0 Å². The van der Waals surface area contributed by atoms with Gasteiger partial charge in [0, 0.05) is 5.04 Å². The third-order valence-corrected chi connectivity index (χ3v) is 1.20. The van der Waals surface area contributed by atoms with Gasteiger partial charge in [0.2, 0.25) is 5.75 Å². The van der Waals surface area contributed by atoms with Gasteiger partial charge in [-0.3, -0.25) is 9.78 Å². The summed E-state index contributed by atoms with van der Waals surface area (Å²) in [5, 5.41) is 13.2. The van der Waals surface area contributed by atoms with Gasteiger partial charge in [-0.25, -0.2) is 0 Å². The first kappa shape index (κ1) is 5.37. The average Bonchev–Trinajstić information content (AvgIpc) is 2.36. The molecular weight excluding hydrogens is 136 g/mol. The molecule has 1 N–H and O–H groups in total. The summed E-state index contributed by atoms with van der Waals surface area (Å²) < 4.78 is 0. The first-order valence-electron chi connectivity index (χ1n) is 2.71. The van der Waals surface area contributed by atoms with Gasteiger partial charge in [-0.15, -0.1) is 0 Å². The molecule has 0 aliphatic carbocycles. The first-order valence-corrected chi connectivity index (χ1v) is 2.71. The van der Waals surface area contributed by atoms with Crippen LogP contribution in [0, 0.1) is 0 Å². The molecule has 0 atom stereocenters. The predicted molar refractivity (Wildman–Crippen MR) is 30.4 cm³/mol. The van der Waals surface area contributed by atoms with Crippen molar-refractivity contribution < 1.29 is 19.9 Å². The van der Waals surface area contributed by atoms with Gasteiger partial charge < -0.3 is 5.11 Å². The molecule has 1 aliphatic rings. The molecule has 0 saturated carbocycles. The SMILES string of the molecule is Oc1cccc2c1OOO2. The van der Waals surface area contributed by atoms with E-state index in [1.165, 1.54) is 6.07 Å². The second kappa shape index (κ2) is 1.78. The van der Waals surface area contributed by atoms with Crippen LogP contribution in [0.1, 0.15) is 0 Å². The number of hydrogen-bond acceptors (Lipinski definition) is 4. The van der Waals surface area contributed by atoms with Crippen molar-refractivity contribution in [2.24, 2.45) is 0 Å². The molecule has 1 aliphatic heterocycles. The zero-order chi connectivity index (χ0) is 6.97. The van der Waals surface area contributed by atoms with Crippen molar-refractivity contribution in [2.45, 2.75) is 0 Å². The quantitative estimate of drug-likeness (QED) is 0.546. The van der Waals surface area contributed by atoms with Crippen molar-refractivity contribution in [1.29, 1.82) is 0 Å². The van der Waals surface area contributed by atoms with Gasteiger partial charge in [0.1, 0.15) is 0 Å². The fourth-order valence-corrected chi connectivity index (χ4v) is 0.741. The van der Waals surface area contributed by atoms with Crippen LogP contribution in [0.15, 0.2) is 18.2 Å². The zero-order valence-electron chi connectivity index (χ0n) is 4.90. The van der Waals surface area contributed by atoms with Crippen molar-refractivity contribution in [3.8, 4) is 17.2 Å². The molecule has 0 amide bonds. The summed E-state index contributed by atoms with van der Waals surface area (Å²) >= 11 is 0. The number of fused-ring (bicyclic) bond motifs is 1. The number of hydrogen-bond donors (Lipinski definition) is 1. The second-order valence-corrected chi connectivity index (χ2v) is 1.84. The molecule has 0 bridgehead atoms. The number of rotatable bonds is 0. The highest BCUT2D eigenvalue weighted by Crippen LogP contribution is 2.39. The number of para-hydroxylation sites is 1. The molecule has 0 unspecified atom stereocenters. The Morgan fingerprint density at radius 2 is 2.10 bits per heavy atom. The zero-order valence-corrected chi connectivity index (χ0v) is 4.90. The van der Waals surface area contributed by atoms with E-state index in [-0.39, 0.29) is 11.5 Å². The molecule has 0 aromatic heterocycles. The van der Waals surface area contributed by atoms with E-state index < -0.39 is 0 Å². The van der Waals surface area contributed by atoms with E-state index in [9.17, 15) is 0 Å². The highest BCUT2D eigenvalue weighted by Gasteiger charge is 2.19. The lowest BCUT2D eigenvalue weighted by atomic mass is 10.3. The van der Waals surface area contributed by atoms with Gasteiger partial charge in [0.05, 0.1) is 0 Å². The van der Waals surface area contributed by atoms with E-state index in [2.05, 4.69) is 14.8 Å². The molecule has 0 saturated heterocycles. The fourth-order valence-electron chi connectivity index (χ4n) is 0.741. The largest absolute Gasteiger partial charge is 0.504 e. The van der Waals surface area contributed by atoms with Gasteiger partial charge in [-0.1, -0.05) is 6.07 Å². The summed E-state index contributed by atoms with van der Waals surface area (Å²) in [5.74, 6) is 0.623. The maximum absolute atomic E-state index is 9.05. The van der Waals surface area contributed by atoms with E-state index in [0.717, 1.165) is 0 Å². The predicted octanol–water partition coefficient (Wildman–Crippen LogP) is 1.01. The molecule has 10 heavy (non-hydrogen) atoms. The minimum atomic E-state index is 0.00926. The lowest BCUT2D eigenvalue weighted by Crippen LogP contribution is -1.88. The van der Waals surface area contributed by atoms with Crippen molar-refractivity contribution >= 4 is 0 Å². The van der Waals surface area contributed by atoms with Crippen LogP contribution in [0.4, 0.5) is 0 Å². The smallest absolute Gasteiger partial charge is 0.257 e. The Labute approximate surface area is 56.4 Å². The summed E-state index contributed by atoms with van der Waals surface area (Å²) in [7, 11) is 0. The highest BCUT2D eigenvalue weighted by atomic mass is 17.5. The van der Waals surface area contributed by atoms with Crippen molar-refractivity contribution in [2.75, 3.05) is 0 Å². The number of phenolic OH excluding ortho intramolecular Hbond substituents is 1. The first-order chi connectivity index (χ1) is 4.88. The van der Waals surface area contributed by atoms with E-state index in [4.69, 9.17) is 5.11 Å². The maximum atomic E-state index is 9.05. The van der Waals surface area contributed by atoms with Crippen LogP contribution in [-0.4, -0.2) is 5.11 Å². The average molecular weight is 140 g/mol. The van der Waals surface area contributed by atoms with Crippen LogP contribution in [0.25, 0.3) is 0 Å². The molecule has 4 heteroatoms. The molecule has 1 aromatic carbocycles. The molecular formula is C6H4O4. The molecule has 1 aromatic rings. The van der Waals surface area contributed by atoms with Gasteiger partial charge in [-0.05, 0) is 12.1 Å². The topological polar surface area (TPSA) is 47.9 Å². The fraction of sp³-hybridized carbons (Fsp3) is 0. The van der Waals surface area contributed by atoms with Crippen molar-refractivity contribution in [3.05, 3.63) is 18.2 Å². The Kier molecular flexibility index (Phi) is 0.956. The lowest BCUT2D eigenvalue weighted by molar-refractivity contribution is -0.384. The summed E-state index contributed by atoms with van der Waals surface area (Å²) in [6.07, 6.45) is 0. The van der Waals surface area contributed by atoms with Crippen LogP contribution >= 0.6 is 0 Å². The second-order valence-electron chi connectivity index (χ2n) is 1.84. The van der Waals surface area contributed by atoms with E-state index >= 15 is 0 Å². The van der Waals surface area contributed by atoms with Gasteiger partial charge in [0.15, 0.2) is 5.75 Å². The molecule has 1 heterocycles. The van der Waals surface area contributed by atoms with Gasteiger partial charge in [-0.2, -0.15) is 0 Å². The number of aromatic hydroxyl groups is 1. The summed E-state index contributed by atoms with van der Waals surface area (Å²) in [6, 6.07) is 4.74. The number of benzene rings is 1. The third-order valence-electron chi connectivity index (χ3n) is 1.20. The number of phenols is 1. The monoisotopic (exact) mass is 140 g/mol. The highest BCUT2D eigenvalue weighted by molar-refractivity contribution is 5.50. The van der Waals surface area contributed by atoms with E-state index in [0.29, 0.717) is 5.75 Å². The van der Waals surface area contributed by atoms with Crippen molar-refractivity contribution in [3.63, 3.8) is 0 Å². The standard InChI is InChI=1S/C6H4O4/c7-4-2-1-3-5-6(4)9-10-8-5/h1-3,7H. The van der Waals surface area contributed by atoms with Crippen LogP contribution in [-0.2, 0) is 5.04 Å². The van der Waals surface area contributed by atoms with Crippen molar-refractivity contribution in [1.82, 2.24) is 0 Å². The van der Waals surface area contributed by atoms with Crippen LogP contribution in [0.2, 0.25) is 0 Å². The Balaban J connectivity index is 2.59. The molecule has 2 rings (SSSR count). The minimum Gasteiger partial charge on any atom is -0.504 e. The summed E-state index contributed by atoms with van der Waals surface area (Å²) in [5.41, 5.74) is 0. The molecule has 4 nitrogen and oxygen atoms in total. The normalized spacial score (nSPS) is 13.6.